The molecule has 0 atom stereocenters. The predicted molar refractivity (Wildman–Crippen MR) is 137 cm³/mol. The number of nitrogens with one attached hydrogen (secondary N) is 1. The van der Waals surface area contributed by atoms with E-state index in [1.54, 1.807) is 17.2 Å². The summed E-state index contributed by atoms with van der Waals surface area (Å²) in [5.41, 5.74) is 3.29. The van der Waals surface area contributed by atoms with Crippen LogP contribution in [0.25, 0.3) is 22.4 Å². The van der Waals surface area contributed by atoms with Gasteiger partial charge in [-0.05, 0) is 51.9 Å². The Labute approximate surface area is 214 Å². The maximum atomic E-state index is 14.9. The summed E-state index contributed by atoms with van der Waals surface area (Å²) in [5.74, 6) is 0.971. The molecule has 0 bridgehead atoms. The summed E-state index contributed by atoms with van der Waals surface area (Å²) in [4.78, 5) is 36.4. The van der Waals surface area contributed by atoms with Gasteiger partial charge in [-0.3, -0.25) is 9.78 Å². The number of carbonyl (C=O) groups is 1. The van der Waals surface area contributed by atoms with Crippen molar-refractivity contribution in [2.45, 2.75) is 39.7 Å². The molecule has 5 heterocycles. The topological polar surface area (TPSA) is 111 Å². The lowest BCUT2D eigenvalue weighted by Gasteiger charge is -2.20. The number of fused-ring (bicyclic) bond motifs is 1. The largest absolute Gasteiger partial charge is 0.479 e. The van der Waals surface area contributed by atoms with E-state index >= 15 is 0 Å². The van der Waals surface area contributed by atoms with E-state index in [9.17, 15) is 9.18 Å². The van der Waals surface area contributed by atoms with Crippen molar-refractivity contribution in [2.24, 2.45) is 0 Å². The van der Waals surface area contributed by atoms with Crippen molar-refractivity contribution in [1.82, 2.24) is 34.8 Å². The molecule has 0 saturated carbocycles. The third-order valence-corrected chi connectivity index (χ3v) is 6.34. The second-order valence-corrected chi connectivity index (χ2v) is 9.25. The average Bonchev–Trinajstić information content (AvgIpc) is 3.07. The van der Waals surface area contributed by atoms with Crippen LogP contribution in [0.15, 0.2) is 30.6 Å². The van der Waals surface area contributed by atoms with Crippen molar-refractivity contribution in [2.75, 3.05) is 31.6 Å². The average molecular weight is 505 g/mol. The number of anilines is 1. The Balaban J connectivity index is 1.46. The Hall–Kier alpha value is -3.99. The normalized spacial score (nSPS) is 14.4. The summed E-state index contributed by atoms with van der Waals surface area (Å²) in [6.07, 6.45) is 4.00. The second kappa shape index (κ2) is 10.2. The molecule has 4 aromatic rings. The Morgan fingerprint density at radius 2 is 2.00 bits per heavy atom. The van der Waals surface area contributed by atoms with Gasteiger partial charge in [0.05, 0.1) is 49.4 Å². The fourth-order valence-corrected chi connectivity index (χ4v) is 4.66. The third kappa shape index (κ3) is 4.86. The van der Waals surface area contributed by atoms with Crippen molar-refractivity contribution in [3.05, 3.63) is 53.8 Å². The minimum absolute atomic E-state index is 0.0208. The minimum atomic E-state index is -0.582. The highest BCUT2D eigenvalue weighted by Crippen LogP contribution is 2.31. The van der Waals surface area contributed by atoms with Crippen molar-refractivity contribution >= 4 is 22.6 Å². The van der Waals surface area contributed by atoms with Gasteiger partial charge in [0.1, 0.15) is 17.3 Å². The number of aryl methyl sites for hydroxylation is 1. The molecule has 4 aromatic heterocycles. The number of imidazole rings is 1. The van der Waals surface area contributed by atoms with Crippen LogP contribution in [-0.4, -0.2) is 62.1 Å². The van der Waals surface area contributed by atoms with Gasteiger partial charge in [-0.25, -0.2) is 24.3 Å². The zero-order chi connectivity index (χ0) is 26.1. The Morgan fingerprint density at radius 3 is 2.73 bits per heavy atom. The van der Waals surface area contributed by atoms with Gasteiger partial charge in [0.25, 0.3) is 0 Å². The summed E-state index contributed by atoms with van der Waals surface area (Å²) in [5, 5.41) is 3.11. The number of aromatic nitrogens is 6. The molecule has 11 heteroatoms. The van der Waals surface area contributed by atoms with E-state index < -0.39 is 5.82 Å². The molecular formula is C26H29FN8O2. The maximum Gasteiger partial charge on any atom is 0.242 e. The minimum Gasteiger partial charge on any atom is -0.479 e. The molecular weight excluding hydrogens is 475 g/mol. The highest BCUT2D eigenvalue weighted by atomic mass is 19.1. The molecule has 0 spiro atoms. The number of amides is 1. The molecule has 1 fully saturated rings. The number of nitrogens with zero attached hydrogens (tertiary/aromatic N) is 7. The van der Waals surface area contributed by atoms with Crippen LogP contribution in [0.2, 0.25) is 0 Å². The fourth-order valence-electron chi connectivity index (χ4n) is 4.66. The molecule has 192 valence electrons. The number of methoxy groups -OCH3 is 1. The highest BCUT2D eigenvalue weighted by molar-refractivity contribution is 5.94. The first-order chi connectivity index (χ1) is 17.9. The van der Waals surface area contributed by atoms with E-state index in [0.717, 1.165) is 36.2 Å². The Kier molecular flexibility index (Phi) is 6.79. The first-order valence-electron chi connectivity index (χ1n) is 12.3. The van der Waals surface area contributed by atoms with Gasteiger partial charge < -0.3 is 19.5 Å². The first-order valence-corrected chi connectivity index (χ1v) is 12.3. The molecule has 0 radical (unpaired) electrons. The van der Waals surface area contributed by atoms with Crippen LogP contribution < -0.4 is 15.0 Å². The molecule has 1 aliphatic heterocycles. The third-order valence-electron chi connectivity index (χ3n) is 6.34. The van der Waals surface area contributed by atoms with Gasteiger partial charge >= 0.3 is 0 Å². The number of hydrogen-bond acceptors (Lipinski definition) is 8. The summed E-state index contributed by atoms with van der Waals surface area (Å²) in [6, 6.07) is 5.63. The Morgan fingerprint density at radius 1 is 1.16 bits per heavy atom. The summed E-state index contributed by atoms with van der Waals surface area (Å²) < 4.78 is 22.5. The van der Waals surface area contributed by atoms with E-state index in [1.807, 2.05) is 19.1 Å². The van der Waals surface area contributed by atoms with Gasteiger partial charge in [0.2, 0.25) is 11.8 Å². The van der Waals surface area contributed by atoms with E-state index in [1.165, 1.54) is 7.11 Å². The highest BCUT2D eigenvalue weighted by Gasteiger charge is 2.21. The predicted octanol–water partition coefficient (Wildman–Crippen LogP) is 3.24. The number of rotatable bonds is 6. The van der Waals surface area contributed by atoms with Crippen molar-refractivity contribution in [3.63, 3.8) is 0 Å². The first kappa shape index (κ1) is 24.7. The molecule has 37 heavy (non-hydrogen) atoms. The number of carbonyl (C=O) groups excluding carboxylic acids is 1. The molecule has 1 N–H and O–H groups in total. The molecule has 0 aliphatic carbocycles. The summed E-state index contributed by atoms with van der Waals surface area (Å²) >= 11 is 0. The van der Waals surface area contributed by atoms with Crippen LogP contribution in [-0.2, 0) is 11.2 Å². The molecule has 5 rings (SSSR count). The van der Waals surface area contributed by atoms with Crippen LogP contribution >= 0.6 is 0 Å². The monoisotopic (exact) mass is 504 g/mol. The zero-order valence-corrected chi connectivity index (χ0v) is 21.3. The van der Waals surface area contributed by atoms with Crippen LogP contribution in [0.4, 0.5) is 10.1 Å². The van der Waals surface area contributed by atoms with E-state index in [2.05, 4.69) is 48.7 Å². The van der Waals surface area contributed by atoms with Gasteiger partial charge in [-0.2, -0.15) is 0 Å². The zero-order valence-electron chi connectivity index (χ0n) is 21.3. The summed E-state index contributed by atoms with van der Waals surface area (Å²) in [7, 11) is 1.52. The fraction of sp³-hybridized carbons (Fsp3) is 0.385. The Bertz CT molecular complexity index is 1450. The van der Waals surface area contributed by atoms with Gasteiger partial charge in [-0.1, -0.05) is 0 Å². The van der Waals surface area contributed by atoms with Gasteiger partial charge in [-0.15, -0.1) is 0 Å². The number of hydrogen-bond donors (Lipinski definition) is 1. The lowest BCUT2D eigenvalue weighted by Crippen LogP contribution is -2.34. The number of pyridine rings is 2. The molecule has 1 amide bonds. The van der Waals surface area contributed by atoms with Crippen molar-refractivity contribution in [3.8, 4) is 17.3 Å². The van der Waals surface area contributed by atoms with E-state index in [0.29, 0.717) is 48.1 Å². The molecule has 10 nitrogen and oxygen atoms in total. The van der Waals surface area contributed by atoms with Crippen molar-refractivity contribution in [1.29, 1.82) is 0 Å². The molecule has 0 aromatic carbocycles. The van der Waals surface area contributed by atoms with E-state index in [4.69, 9.17) is 4.74 Å². The standard InChI is InChI=1S/C26H29FN8O2/c1-15(2)35-16(3)31-25-21(35)11-20(32-26(25)37-4)24-19(27)13-30-22(33-24)10-17-6-7-18(12-29-17)34-9-5-8-28-14-23(34)36/h6-7,11-13,15,28H,5,8-10,14H2,1-4H3. The smallest absolute Gasteiger partial charge is 0.242 e. The van der Waals surface area contributed by atoms with Crippen LogP contribution in [0.5, 0.6) is 5.88 Å². The summed E-state index contributed by atoms with van der Waals surface area (Å²) in [6.45, 7) is 7.80. The van der Waals surface area contributed by atoms with E-state index in [-0.39, 0.29) is 17.6 Å². The van der Waals surface area contributed by atoms with Crippen LogP contribution in [0.3, 0.4) is 0 Å². The second-order valence-electron chi connectivity index (χ2n) is 9.25. The van der Waals surface area contributed by atoms with Crippen LogP contribution in [0.1, 0.15) is 43.7 Å². The quantitative estimate of drug-likeness (QED) is 0.426. The van der Waals surface area contributed by atoms with Crippen LogP contribution in [0, 0.1) is 12.7 Å². The molecule has 0 unspecified atom stereocenters. The lowest BCUT2D eigenvalue weighted by molar-refractivity contribution is -0.117. The van der Waals surface area contributed by atoms with Gasteiger partial charge in [0.15, 0.2) is 11.3 Å². The van der Waals surface area contributed by atoms with Crippen molar-refractivity contribution < 1.29 is 13.9 Å². The van der Waals surface area contributed by atoms with Gasteiger partial charge in [0, 0.05) is 18.3 Å². The maximum absolute atomic E-state index is 14.9. The molecule has 1 saturated heterocycles. The SMILES string of the molecule is COc1nc(-c2nc(Cc3ccc(N4CCCNCC4=O)cn3)ncc2F)cc2c1nc(C)n2C(C)C. The lowest BCUT2D eigenvalue weighted by atomic mass is 10.2. The number of halogens is 1. The molecule has 1 aliphatic rings. The number of ether oxygens (including phenoxy) is 1.